The molecule has 0 saturated carbocycles. The van der Waals surface area contributed by atoms with Crippen molar-refractivity contribution in [1.29, 1.82) is 0 Å². The van der Waals surface area contributed by atoms with Crippen LogP contribution in [0.4, 0.5) is 0 Å². The maximum atomic E-state index is 9.95. The molecule has 1 saturated heterocycles. The van der Waals surface area contributed by atoms with Crippen LogP contribution < -0.4 is 0 Å². The first-order valence-electron chi connectivity index (χ1n) is 9.67. The fourth-order valence-corrected chi connectivity index (χ4v) is 4.71. The van der Waals surface area contributed by atoms with Crippen LogP contribution in [0.15, 0.2) is 0 Å². The van der Waals surface area contributed by atoms with Crippen LogP contribution >= 0.6 is 7.94 Å². The number of unbranched alkanes of at least 4 members (excludes halogenated alkanes) is 13. The quantitative estimate of drug-likeness (QED) is 0.283. The highest BCUT2D eigenvalue weighted by Crippen LogP contribution is 2.60. The molecule has 1 radical (unpaired) electrons. The summed E-state index contributed by atoms with van der Waals surface area (Å²) in [5.74, 6) is 0. The van der Waals surface area contributed by atoms with Crippen molar-refractivity contribution in [2.24, 2.45) is 0 Å². The first-order valence-corrected chi connectivity index (χ1v) is 11.4. The van der Waals surface area contributed by atoms with E-state index in [2.05, 4.69) is 6.92 Å². The summed E-state index contributed by atoms with van der Waals surface area (Å²) in [5.41, 5.74) is 0. The van der Waals surface area contributed by atoms with E-state index in [-0.39, 0.29) is 0 Å². The van der Waals surface area contributed by atoms with Gasteiger partial charge in [0, 0.05) is 6.16 Å². The molecule has 1 fully saturated rings. The second kappa shape index (κ2) is 13.7. The monoisotopic (exact) mass is 333 g/mol. The first-order chi connectivity index (χ1) is 10.8. The molecule has 0 aromatic carbocycles. The van der Waals surface area contributed by atoms with Gasteiger partial charge >= 0.3 is 0 Å². The first kappa shape index (κ1) is 20.4. The molecular formula is C18H38O3P. The zero-order chi connectivity index (χ0) is 15.9. The molecule has 1 rings (SSSR count). The summed E-state index contributed by atoms with van der Waals surface area (Å²) in [6.45, 7) is 3.42. The van der Waals surface area contributed by atoms with Crippen LogP contribution in [0.5, 0.6) is 0 Å². The lowest BCUT2D eigenvalue weighted by atomic mass is 10.0. The molecule has 0 spiro atoms. The average molecular weight is 333 g/mol. The SMILES string of the molecule is CCCCCCCCCCCCCCCC[P]1(O)OCCO1. The molecule has 1 aliphatic heterocycles. The Balaban J connectivity index is 1.71. The van der Waals surface area contributed by atoms with Gasteiger partial charge in [0.05, 0.1) is 13.2 Å². The highest BCUT2D eigenvalue weighted by molar-refractivity contribution is 7.60. The Hall–Kier alpha value is 0.310. The minimum absolute atomic E-state index is 0.572. The lowest BCUT2D eigenvalue weighted by Crippen LogP contribution is -1.97. The predicted octanol–water partition coefficient (Wildman–Crippen LogP) is 6.27. The van der Waals surface area contributed by atoms with E-state index in [1.165, 1.54) is 83.5 Å². The molecule has 0 bridgehead atoms. The summed E-state index contributed by atoms with van der Waals surface area (Å²) in [5, 5.41) is 0. The third kappa shape index (κ3) is 10.9. The van der Waals surface area contributed by atoms with Crippen LogP contribution in [0, 0.1) is 0 Å². The maximum absolute atomic E-state index is 9.95. The van der Waals surface area contributed by atoms with Gasteiger partial charge < -0.3 is 13.9 Å². The van der Waals surface area contributed by atoms with Crippen LogP contribution in [-0.4, -0.2) is 24.3 Å². The van der Waals surface area contributed by atoms with Gasteiger partial charge in [-0.3, -0.25) is 0 Å². The van der Waals surface area contributed by atoms with Crippen molar-refractivity contribution in [3.63, 3.8) is 0 Å². The van der Waals surface area contributed by atoms with Crippen LogP contribution in [0.2, 0.25) is 0 Å². The molecule has 1 aliphatic rings. The molecule has 0 amide bonds. The van der Waals surface area contributed by atoms with Gasteiger partial charge in [0.2, 0.25) is 7.94 Å². The second-order valence-electron chi connectivity index (χ2n) is 6.62. The number of hydrogen-bond acceptors (Lipinski definition) is 3. The predicted molar refractivity (Wildman–Crippen MR) is 96.2 cm³/mol. The van der Waals surface area contributed by atoms with E-state index in [0.29, 0.717) is 13.2 Å². The van der Waals surface area contributed by atoms with Crippen LogP contribution in [0.3, 0.4) is 0 Å². The molecular weight excluding hydrogens is 295 g/mol. The van der Waals surface area contributed by atoms with E-state index < -0.39 is 7.94 Å². The van der Waals surface area contributed by atoms with Gasteiger partial charge in [-0.25, -0.2) is 0 Å². The molecule has 0 atom stereocenters. The van der Waals surface area contributed by atoms with Crippen molar-refractivity contribution in [3.8, 4) is 0 Å². The van der Waals surface area contributed by atoms with E-state index >= 15 is 0 Å². The number of rotatable bonds is 15. The molecule has 22 heavy (non-hydrogen) atoms. The van der Waals surface area contributed by atoms with Crippen LogP contribution in [0.25, 0.3) is 0 Å². The summed E-state index contributed by atoms with van der Waals surface area (Å²) in [7, 11) is -2.40. The molecule has 0 unspecified atom stereocenters. The zero-order valence-electron chi connectivity index (χ0n) is 14.7. The molecule has 0 aromatic rings. The van der Waals surface area contributed by atoms with E-state index in [4.69, 9.17) is 9.05 Å². The summed E-state index contributed by atoms with van der Waals surface area (Å²) in [6, 6.07) is 0. The van der Waals surface area contributed by atoms with Gasteiger partial charge in [-0.1, -0.05) is 90.4 Å². The summed E-state index contributed by atoms with van der Waals surface area (Å²) in [4.78, 5) is 9.95. The van der Waals surface area contributed by atoms with Crippen molar-refractivity contribution >= 4 is 7.94 Å². The summed E-state index contributed by atoms with van der Waals surface area (Å²) in [6.07, 6.45) is 19.7. The van der Waals surface area contributed by atoms with Gasteiger partial charge in [-0.2, -0.15) is 0 Å². The minimum atomic E-state index is -2.40. The van der Waals surface area contributed by atoms with E-state index in [9.17, 15) is 4.89 Å². The molecule has 1 N–H and O–H groups in total. The van der Waals surface area contributed by atoms with Gasteiger partial charge in [0.1, 0.15) is 0 Å². The summed E-state index contributed by atoms with van der Waals surface area (Å²) >= 11 is 0. The summed E-state index contributed by atoms with van der Waals surface area (Å²) < 4.78 is 10.6. The Morgan fingerprint density at radius 2 is 1.00 bits per heavy atom. The van der Waals surface area contributed by atoms with E-state index in [0.717, 1.165) is 12.6 Å². The van der Waals surface area contributed by atoms with Crippen molar-refractivity contribution in [2.45, 2.75) is 96.8 Å². The minimum Gasteiger partial charge on any atom is -0.336 e. The lowest BCUT2D eigenvalue weighted by Gasteiger charge is -2.20. The van der Waals surface area contributed by atoms with E-state index in [1.54, 1.807) is 0 Å². The van der Waals surface area contributed by atoms with Crippen molar-refractivity contribution in [2.75, 3.05) is 19.4 Å². The third-order valence-electron chi connectivity index (χ3n) is 4.46. The van der Waals surface area contributed by atoms with Gasteiger partial charge in [0.15, 0.2) is 0 Å². The lowest BCUT2D eigenvalue weighted by molar-refractivity contribution is 0.310. The topological polar surface area (TPSA) is 38.7 Å². The fourth-order valence-electron chi connectivity index (χ4n) is 3.03. The normalized spacial score (nSPS) is 17.2. The van der Waals surface area contributed by atoms with Gasteiger partial charge in [0.25, 0.3) is 0 Å². The van der Waals surface area contributed by atoms with Crippen molar-refractivity contribution in [1.82, 2.24) is 0 Å². The largest absolute Gasteiger partial charge is 0.336 e. The molecule has 0 aliphatic carbocycles. The molecule has 0 aromatic heterocycles. The molecule has 1 heterocycles. The van der Waals surface area contributed by atoms with Gasteiger partial charge in [-0.05, 0) is 6.42 Å². The highest BCUT2D eigenvalue weighted by atomic mass is 31.2. The Bertz CT molecular complexity index is 242. The Labute approximate surface area is 138 Å². The number of hydrogen-bond donors (Lipinski definition) is 1. The second-order valence-corrected chi connectivity index (χ2v) is 8.86. The highest BCUT2D eigenvalue weighted by Gasteiger charge is 2.31. The Morgan fingerprint density at radius 3 is 1.41 bits per heavy atom. The van der Waals surface area contributed by atoms with Gasteiger partial charge in [-0.15, -0.1) is 0 Å². The standard InChI is InChI=1S/C18H38O3P/c1-2-3-4-5-6-7-8-9-10-11-12-13-14-15-18-22(19)20-16-17-21-22/h19H,2-18H2,1H3. The maximum Gasteiger partial charge on any atom is 0.230 e. The van der Waals surface area contributed by atoms with Crippen molar-refractivity contribution in [3.05, 3.63) is 0 Å². The van der Waals surface area contributed by atoms with Crippen molar-refractivity contribution < 1.29 is 13.9 Å². The van der Waals surface area contributed by atoms with Crippen LogP contribution in [0.1, 0.15) is 96.8 Å². The zero-order valence-corrected chi connectivity index (χ0v) is 15.6. The Morgan fingerprint density at radius 1 is 0.636 bits per heavy atom. The molecule has 3 nitrogen and oxygen atoms in total. The third-order valence-corrected chi connectivity index (χ3v) is 6.52. The fraction of sp³-hybridized carbons (Fsp3) is 1.00. The Kier molecular flexibility index (Phi) is 12.7. The molecule has 4 heteroatoms. The van der Waals surface area contributed by atoms with E-state index in [1.807, 2.05) is 0 Å². The average Bonchev–Trinajstić information content (AvgIpc) is 2.94. The van der Waals surface area contributed by atoms with Crippen LogP contribution in [-0.2, 0) is 9.05 Å². The molecule has 133 valence electrons. The smallest absolute Gasteiger partial charge is 0.230 e.